The van der Waals surface area contributed by atoms with Crippen molar-refractivity contribution < 1.29 is 8.81 Å². The second-order valence-corrected chi connectivity index (χ2v) is 4.47. The van der Waals surface area contributed by atoms with E-state index in [-0.39, 0.29) is 16.5 Å². The van der Waals surface area contributed by atoms with E-state index in [2.05, 4.69) is 15.5 Å². The summed E-state index contributed by atoms with van der Waals surface area (Å²) in [5.41, 5.74) is 0.234. The Balaban J connectivity index is 2.06. The van der Waals surface area contributed by atoms with Crippen LogP contribution in [0, 0.1) is 5.82 Å². The lowest BCUT2D eigenvalue weighted by Crippen LogP contribution is -2.14. The highest BCUT2D eigenvalue weighted by molar-refractivity contribution is 6.31. The summed E-state index contributed by atoms with van der Waals surface area (Å²) < 4.78 is 19.2. The molecule has 0 radical (unpaired) electrons. The van der Waals surface area contributed by atoms with Gasteiger partial charge in [-0.25, -0.2) is 4.39 Å². The Kier molecular flexibility index (Phi) is 4.87. The Morgan fingerprint density at radius 2 is 2.21 bits per heavy atom. The molecule has 0 aliphatic heterocycles. The summed E-state index contributed by atoms with van der Waals surface area (Å²) in [5.74, 6) is 0.137. The molecule has 0 saturated heterocycles. The van der Waals surface area contributed by atoms with Crippen molar-refractivity contribution in [2.75, 3.05) is 13.1 Å². The van der Waals surface area contributed by atoms with Gasteiger partial charge in [0.25, 0.3) is 5.89 Å². The molecule has 0 spiro atoms. The number of aromatic nitrogens is 2. The number of aryl methyl sites for hydroxylation is 1. The third kappa shape index (κ3) is 3.52. The summed E-state index contributed by atoms with van der Waals surface area (Å²) in [6.07, 6.45) is 1.57. The number of hydrogen-bond donors (Lipinski definition) is 1. The number of halogens is 2. The molecule has 1 N–H and O–H groups in total. The van der Waals surface area contributed by atoms with Crippen LogP contribution in [0.25, 0.3) is 11.5 Å². The van der Waals surface area contributed by atoms with Crippen LogP contribution in [0.3, 0.4) is 0 Å². The minimum atomic E-state index is -0.535. The average molecular weight is 284 g/mol. The van der Waals surface area contributed by atoms with Crippen LogP contribution < -0.4 is 5.32 Å². The maximum Gasteiger partial charge on any atom is 0.250 e. The fraction of sp³-hybridized carbons (Fsp3) is 0.385. The third-order valence-corrected chi connectivity index (χ3v) is 2.93. The molecule has 4 nitrogen and oxygen atoms in total. The first-order valence-corrected chi connectivity index (χ1v) is 6.57. The van der Waals surface area contributed by atoms with E-state index in [4.69, 9.17) is 16.0 Å². The normalized spacial score (nSPS) is 10.9. The van der Waals surface area contributed by atoms with Gasteiger partial charge in [-0.3, -0.25) is 0 Å². The van der Waals surface area contributed by atoms with E-state index in [0.29, 0.717) is 12.3 Å². The van der Waals surface area contributed by atoms with Crippen molar-refractivity contribution in [2.24, 2.45) is 0 Å². The number of rotatable bonds is 6. The molecule has 0 aliphatic rings. The Hall–Kier alpha value is -1.46. The van der Waals surface area contributed by atoms with E-state index in [1.54, 1.807) is 12.1 Å². The Morgan fingerprint density at radius 3 is 3.00 bits per heavy atom. The maximum absolute atomic E-state index is 13.8. The SMILES string of the molecule is CCNCCCc1nnc(-c2cccc(Cl)c2F)o1. The topological polar surface area (TPSA) is 51.0 Å². The lowest BCUT2D eigenvalue weighted by atomic mass is 10.2. The first-order chi connectivity index (χ1) is 9.22. The minimum Gasteiger partial charge on any atom is -0.421 e. The molecule has 0 fully saturated rings. The summed E-state index contributed by atoms with van der Waals surface area (Å²) >= 11 is 5.72. The van der Waals surface area contributed by atoms with Crippen molar-refractivity contribution in [3.63, 3.8) is 0 Å². The second-order valence-electron chi connectivity index (χ2n) is 4.06. The summed E-state index contributed by atoms with van der Waals surface area (Å²) in [4.78, 5) is 0. The minimum absolute atomic E-state index is 0.0457. The van der Waals surface area contributed by atoms with E-state index < -0.39 is 5.82 Å². The number of nitrogens with one attached hydrogen (secondary N) is 1. The van der Waals surface area contributed by atoms with Gasteiger partial charge in [0.15, 0.2) is 5.82 Å². The molecular weight excluding hydrogens is 269 g/mol. The van der Waals surface area contributed by atoms with Crippen LogP contribution in [-0.2, 0) is 6.42 Å². The maximum atomic E-state index is 13.8. The molecule has 19 heavy (non-hydrogen) atoms. The zero-order valence-corrected chi connectivity index (χ0v) is 11.4. The first kappa shape index (κ1) is 14.0. The summed E-state index contributed by atoms with van der Waals surface area (Å²) in [6.45, 7) is 3.87. The van der Waals surface area contributed by atoms with Gasteiger partial charge in [0.05, 0.1) is 10.6 Å². The van der Waals surface area contributed by atoms with Crippen LogP contribution >= 0.6 is 11.6 Å². The monoisotopic (exact) mass is 283 g/mol. The van der Waals surface area contributed by atoms with Gasteiger partial charge in [-0.15, -0.1) is 10.2 Å². The molecule has 102 valence electrons. The molecule has 2 aromatic rings. The van der Waals surface area contributed by atoms with E-state index in [1.165, 1.54) is 6.07 Å². The Morgan fingerprint density at radius 1 is 1.37 bits per heavy atom. The van der Waals surface area contributed by atoms with E-state index in [0.717, 1.165) is 19.5 Å². The molecule has 0 unspecified atom stereocenters. The predicted molar refractivity (Wildman–Crippen MR) is 71.6 cm³/mol. The molecule has 0 saturated carbocycles. The van der Waals surface area contributed by atoms with Crippen LogP contribution in [0.1, 0.15) is 19.2 Å². The fourth-order valence-corrected chi connectivity index (χ4v) is 1.85. The zero-order chi connectivity index (χ0) is 13.7. The third-order valence-electron chi connectivity index (χ3n) is 2.64. The Labute approximate surface area is 116 Å². The van der Waals surface area contributed by atoms with Crippen LogP contribution in [0.2, 0.25) is 5.02 Å². The molecule has 0 amide bonds. The van der Waals surface area contributed by atoms with Crippen molar-refractivity contribution in [1.29, 1.82) is 0 Å². The molecule has 0 aliphatic carbocycles. The highest BCUT2D eigenvalue weighted by Crippen LogP contribution is 2.26. The van der Waals surface area contributed by atoms with Gasteiger partial charge in [0, 0.05) is 6.42 Å². The van der Waals surface area contributed by atoms with E-state index in [1.807, 2.05) is 6.92 Å². The van der Waals surface area contributed by atoms with Gasteiger partial charge < -0.3 is 9.73 Å². The standard InChI is InChI=1S/C13H15ClFN3O/c1-2-16-8-4-7-11-17-18-13(19-11)9-5-3-6-10(14)12(9)15/h3,5-6,16H,2,4,7-8H2,1H3. The molecule has 1 aromatic heterocycles. The molecule has 6 heteroatoms. The van der Waals surface area contributed by atoms with Crippen LogP contribution in [0.5, 0.6) is 0 Å². The number of nitrogens with zero attached hydrogens (tertiary/aromatic N) is 2. The van der Waals surface area contributed by atoms with Crippen LogP contribution in [0.15, 0.2) is 22.6 Å². The molecule has 1 aromatic carbocycles. The van der Waals surface area contributed by atoms with Gasteiger partial charge >= 0.3 is 0 Å². The molecule has 1 heterocycles. The number of benzene rings is 1. The average Bonchev–Trinajstić information content (AvgIpc) is 2.87. The van der Waals surface area contributed by atoms with Crippen molar-refractivity contribution in [2.45, 2.75) is 19.8 Å². The summed E-state index contributed by atoms with van der Waals surface area (Å²) in [6, 6.07) is 4.70. The lowest BCUT2D eigenvalue weighted by Gasteiger charge is -1.99. The van der Waals surface area contributed by atoms with Gasteiger partial charge in [-0.05, 0) is 31.6 Å². The van der Waals surface area contributed by atoms with Gasteiger partial charge in [0.2, 0.25) is 5.89 Å². The molecular formula is C13H15ClFN3O. The highest BCUT2D eigenvalue weighted by Gasteiger charge is 2.14. The molecule has 2 rings (SSSR count). The predicted octanol–water partition coefficient (Wildman–Crippen LogP) is 3.07. The van der Waals surface area contributed by atoms with Crippen LogP contribution in [-0.4, -0.2) is 23.3 Å². The smallest absolute Gasteiger partial charge is 0.250 e. The molecule has 0 bridgehead atoms. The van der Waals surface area contributed by atoms with Gasteiger partial charge in [0.1, 0.15) is 0 Å². The van der Waals surface area contributed by atoms with Crippen molar-refractivity contribution in [1.82, 2.24) is 15.5 Å². The van der Waals surface area contributed by atoms with E-state index >= 15 is 0 Å². The highest BCUT2D eigenvalue weighted by atomic mass is 35.5. The lowest BCUT2D eigenvalue weighted by molar-refractivity contribution is 0.489. The summed E-state index contributed by atoms with van der Waals surface area (Å²) in [5, 5.41) is 11.0. The quantitative estimate of drug-likeness (QED) is 0.828. The van der Waals surface area contributed by atoms with Gasteiger partial charge in [-0.2, -0.15) is 0 Å². The fourth-order valence-electron chi connectivity index (χ4n) is 1.67. The van der Waals surface area contributed by atoms with Crippen molar-refractivity contribution in [3.05, 3.63) is 34.9 Å². The zero-order valence-electron chi connectivity index (χ0n) is 10.6. The van der Waals surface area contributed by atoms with Crippen LogP contribution in [0.4, 0.5) is 4.39 Å². The summed E-state index contributed by atoms with van der Waals surface area (Å²) in [7, 11) is 0. The largest absolute Gasteiger partial charge is 0.421 e. The van der Waals surface area contributed by atoms with Gasteiger partial charge in [-0.1, -0.05) is 24.6 Å². The second kappa shape index (κ2) is 6.63. The number of hydrogen-bond acceptors (Lipinski definition) is 4. The van der Waals surface area contributed by atoms with E-state index in [9.17, 15) is 4.39 Å². The van der Waals surface area contributed by atoms with Crippen molar-refractivity contribution >= 4 is 11.6 Å². The van der Waals surface area contributed by atoms with Crippen molar-refractivity contribution in [3.8, 4) is 11.5 Å². The first-order valence-electron chi connectivity index (χ1n) is 6.20. The molecule has 0 atom stereocenters. The Bertz CT molecular complexity index is 544.